The van der Waals surface area contributed by atoms with Gasteiger partial charge in [0.05, 0.1) is 16.8 Å². The number of nitrogens with one attached hydrogen (secondary N) is 1. The summed E-state index contributed by atoms with van der Waals surface area (Å²) < 4.78 is 0.906. The summed E-state index contributed by atoms with van der Waals surface area (Å²) in [5.41, 5.74) is 1.84. The monoisotopic (exact) mass is 348 g/mol. The quantitative estimate of drug-likeness (QED) is 0.661. The Kier molecular flexibility index (Phi) is 4.72. The molecule has 0 spiro atoms. The predicted molar refractivity (Wildman–Crippen MR) is 91.5 cm³/mol. The van der Waals surface area contributed by atoms with Crippen LogP contribution in [0.25, 0.3) is 10.2 Å². The molecular weight excluding hydrogens is 332 g/mol. The van der Waals surface area contributed by atoms with Crippen LogP contribution in [0.1, 0.15) is 21.6 Å². The van der Waals surface area contributed by atoms with Crippen molar-refractivity contribution in [2.24, 2.45) is 0 Å². The Hall–Kier alpha value is -1.80. The van der Waals surface area contributed by atoms with Gasteiger partial charge in [-0.1, -0.05) is 12.1 Å². The predicted octanol–water partition coefficient (Wildman–Crippen LogP) is 2.38. The SMILES string of the molecule is Cc1ccsc1CNC(=O)C(O)C(O)c1nc2ccccc2s1. The van der Waals surface area contributed by atoms with E-state index in [1.807, 2.05) is 42.6 Å². The van der Waals surface area contributed by atoms with E-state index in [1.165, 1.54) is 11.3 Å². The van der Waals surface area contributed by atoms with Gasteiger partial charge < -0.3 is 15.5 Å². The summed E-state index contributed by atoms with van der Waals surface area (Å²) in [6.45, 7) is 2.30. The van der Waals surface area contributed by atoms with Crippen molar-refractivity contribution in [3.8, 4) is 0 Å². The van der Waals surface area contributed by atoms with Gasteiger partial charge in [-0.25, -0.2) is 4.98 Å². The number of aryl methyl sites for hydroxylation is 1. The van der Waals surface area contributed by atoms with Gasteiger partial charge in [-0.05, 0) is 36.1 Å². The molecule has 3 N–H and O–H groups in total. The first-order valence-corrected chi connectivity index (χ1v) is 8.78. The maximum absolute atomic E-state index is 12.0. The van der Waals surface area contributed by atoms with Crippen LogP contribution in [-0.2, 0) is 11.3 Å². The van der Waals surface area contributed by atoms with Crippen LogP contribution in [0.4, 0.5) is 0 Å². The van der Waals surface area contributed by atoms with Crippen molar-refractivity contribution < 1.29 is 15.0 Å². The molecule has 0 aliphatic carbocycles. The average Bonchev–Trinajstić information content (AvgIpc) is 3.17. The molecule has 0 radical (unpaired) electrons. The van der Waals surface area contributed by atoms with E-state index in [4.69, 9.17) is 0 Å². The largest absolute Gasteiger partial charge is 0.383 e. The zero-order valence-corrected chi connectivity index (χ0v) is 14.0. The van der Waals surface area contributed by atoms with Crippen LogP contribution in [0, 0.1) is 6.92 Å². The number of carbonyl (C=O) groups excluding carboxylic acids is 1. The van der Waals surface area contributed by atoms with E-state index < -0.39 is 18.1 Å². The van der Waals surface area contributed by atoms with Gasteiger partial charge in [-0.3, -0.25) is 4.79 Å². The summed E-state index contributed by atoms with van der Waals surface area (Å²) in [4.78, 5) is 17.3. The van der Waals surface area contributed by atoms with Crippen molar-refractivity contribution in [1.82, 2.24) is 10.3 Å². The van der Waals surface area contributed by atoms with Gasteiger partial charge in [0.1, 0.15) is 11.1 Å². The molecule has 1 amide bonds. The standard InChI is InChI=1S/C16H16N2O3S2/c1-9-6-7-22-12(9)8-17-15(21)13(19)14(20)16-18-10-4-2-3-5-11(10)23-16/h2-7,13-14,19-20H,8H2,1H3,(H,17,21). The molecule has 2 unspecified atom stereocenters. The maximum Gasteiger partial charge on any atom is 0.252 e. The number of amides is 1. The van der Waals surface area contributed by atoms with Crippen LogP contribution in [0.5, 0.6) is 0 Å². The minimum absolute atomic E-state index is 0.334. The van der Waals surface area contributed by atoms with Crippen LogP contribution in [0.15, 0.2) is 35.7 Å². The number of aliphatic hydroxyl groups excluding tert-OH is 2. The molecule has 120 valence electrons. The second-order valence-corrected chi connectivity index (χ2v) is 7.22. The Bertz CT molecular complexity index is 794. The smallest absolute Gasteiger partial charge is 0.252 e. The molecule has 23 heavy (non-hydrogen) atoms. The Balaban J connectivity index is 1.67. The summed E-state index contributed by atoms with van der Waals surface area (Å²) in [6, 6.07) is 9.41. The molecule has 0 saturated heterocycles. The van der Waals surface area contributed by atoms with E-state index in [2.05, 4.69) is 10.3 Å². The Morgan fingerprint density at radius 3 is 2.78 bits per heavy atom. The van der Waals surface area contributed by atoms with Gasteiger partial charge in [-0.2, -0.15) is 0 Å². The van der Waals surface area contributed by atoms with Crippen LogP contribution >= 0.6 is 22.7 Å². The fourth-order valence-corrected chi connectivity index (χ4v) is 3.98. The molecule has 0 fully saturated rings. The molecular formula is C16H16N2O3S2. The molecule has 2 aromatic heterocycles. The second-order valence-electron chi connectivity index (χ2n) is 5.15. The lowest BCUT2D eigenvalue weighted by atomic mass is 10.2. The number of thiazole rings is 1. The second kappa shape index (κ2) is 6.76. The van der Waals surface area contributed by atoms with Crippen LogP contribution < -0.4 is 5.32 Å². The lowest BCUT2D eigenvalue weighted by molar-refractivity contribution is -0.135. The Morgan fingerprint density at radius 1 is 1.30 bits per heavy atom. The first-order valence-electron chi connectivity index (χ1n) is 7.08. The molecule has 7 heteroatoms. The lowest BCUT2D eigenvalue weighted by Gasteiger charge is -2.15. The number of rotatable bonds is 5. The summed E-state index contributed by atoms with van der Waals surface area (Å²) >= 11 is 2.81. The number of thiophene rings is 1. The van der Waals surface area contributed by atoms with Crippen molar-refractivity contribution in [1.29, 1.82) is 0 Å². The highest BCUT2D eigenvalue weighted by Crippen LogP contribution is 2.28. The van der Waals surface area contributed by atoms with Crippen molar-refractivity contribution in [3.05, 3.63) is 51.2 Å². The third-order valence-corrected chi connectivity index (χ3v) is 5.65. The highest BCUT2D eigenvalue weighted by Gasteiger charge is 2.28. The molecule has 2 atom stereocenters. The molecule has 5 nitrogen and oxygen atoms in total. The fraction of sp³-hybridized carbons (Fsp3) is 0.250. The third kappa shape index (κ3) is 3.42. The summed E-state index contributed by atoms with van der Waals surface area (Å²) in [7, 11) is 0. The molecule has 0 saturated carbocycles. The number of aliphatic hydroxyl groups is 2. The normalized spacial score (nSPS) is 13.9. The molecule has 3 rings (SSSR count). The summed E-state index contributed by atoms with van der Waals surface area (Å²) in [5, 5.41) is 25.2. The minimum Gasteiger partial charge on any atom is -0.383 e. The molecule has 1 aromatic carbocycles. The highest BCUT2D eigenvalue weighted by molar-refractivity contribution is 7.18. The van der Waals surface area contributed by atoms with E-state index in [9.17, 15) is 15.0 Å². The van der Waals surface area contributed by atoms with E-state index in [0.717, 1.165) is 20.7 Å². The third-order valence-electron chi connectivity index (χ3n) is 3.52. The van der Waals surface area contributed by atoms with E-state index in [0.29, 0.717) is 11.6 Å². The van der Waals surface area contributed by atoms with Gasteiger partial charge in [0.15, 0.2) is 6.10 Å². The zero-order valence-electron chi connectivity index (χ0n) is 12.4. The zero-order chi connectivity index (χ0) is 16.4. The van der Waals surface area contributed by atoms with Crippen molar-refractivity contribution in [3.63, 3.8) is 0 Å². The molecule has 0 aliphatic heterocycles. The molecule has 0 aliphatic rings. The lowest BCUT2D eigenvalue weighted by Crippen LogP contribution is -2.38. The number of hydrogen-bond acceptors (Lipinski definition) is 6. The highest BCUT2D eigenvalue weighted by atomic mass is 32.1. The Labute approximate surface area is 141 Å². The van der Waals surface area contributed by atoms with Crippen LogP contribution in [0.2, 0.25) is 0 Å². The number of para-hydroxylation sites is 1. The van der Waals surface area contributed by atoms with Crippen molar-refractivity contribution in [2.45, 2.75) is 25.7 Å². The summed E-state index contributed by atoms with van der Waals surface area (Å²) in [5.74, 6) is -0.607. The maximum atomic E-state index is 12.0. The van der Waals surface area contributed by atoms with Gasteiger partial charge >= 0.3 is 0 Å². The van der Waals surface area contributed by atoms with E-state index in [-0.39, 0.29) is 0 Å². The number of nitrogens with zero attached hydrogens (tertiary/aromatic N) is 1. The summed E-state index contributed by atoms with van der Waals surface area (Å²) in [6.07, 6.45) is -2.88. The first-order chi connectivity index (χ1) is 11.1. The molecule has 3 aromatic rings. The van der Waals surface area contributed by atoms with Gasteiger partial charge in [-0.15, -0.1) is 22.7 Å². The van der Waals surface area contributed by atoms with E-state index >= 15 is 0 Å². The molecule has 2 heterocycles. The topological polar surface area (TPSA) is 82.5 Å². The number of aromatic nitrogens is 1. The van der Waals surface area contributed by atoms with Crippen LogP contribution in [0.3, 0.4) is 0 Å². The minimum atomic E-state index is -1.55. The van der Waals surface area contributed by atoms with Crippen molar-refractivity contribution >= 4 is 38.8 Å². The number of hydrogen-bond donors (Lipinski definition) is 3. The van der Waals surface area contributed by atoms with Gasteiger partial charge in [0.25, 0.3) is 5.91 Å². The number of benzene rings is 1. The van der Waals surface area contributed by atoms with Crippen molar-refractivity contribution in [2.75, 3.05) is 0 Å². The first kappa shape index (κ1) is 16.1. The van der Waals surface area contributed by atoms with Gasteiger partial charge in [0, 0.05) is 4.88 Å². The number of carbonyl (C=O) groups is 1. The Morgan fingerprint density at radius 2 is 2.09 bits per heavy atom. The molecule has 0 bridgehead atoms. The fourth-order valence-electron chi connectivity index (χ4n) is 2.15. The van der Waals surface area contributed by atoms with Crippen LogP contribution in [-0.4, -0.2) is 27.2 Å². The van der Waals surface area contributed by atoms with Gasteiger partial charge in [0.2, 0.25) is 0 Å². The van der Waals surface area contributed by atoms with E-state index in [1.54, 1.807) is 11.3 Å². The number of fused-ring (bicyclic) bond motifs is 1. The average molecular weight is 348 g/mol.